The molecule has 214 valence electrons. The summed E-state index contributed by atoms with van der Waals surface area (Å²) in [5.41, 5.74) is -0.579. The van der Waals surface area contributed by atoms with Crippen molar-refractivity contribution in [3.05, 3.63) is 58.1 Å². The third kappa shape index (κ3) is 10.1. The lowest BCUT2D eigenvalue weighted by Crippen LogP contribution is -2.54. The van der Waals surface area contributed by atoms with Gasteiger partial charge in [0.15, 0.2) is 13.2 Å². The van der Waals surface area contributed by atoms with Gasteiger partial charge in [-0.15, -0.1) is 0 Å². The van der Waals surface area contributed by atoms with Crippen LogP contribution in [0.15, 0.2) is 36.4 Å². The fraction of sp³-hybridized carbons (Fsp3) is 0.481. The van der Waals surface area contributed by atoms with Crippen LogP contribution in [0.1, 0.15) is 38.5 Å². The number of methoxy groups -OCH3 is 1. The van der Waals surface area contributed by atoms with Crippen molar-refractivity contribution in [1.29, 1.82) is 0 Å². The summed E-state index contributed by atoms with van der Waals surface area (Å²) < 4.78 is 48.9. The molecule has 2 aromatic rings. The first kappa shape index (κ1) is 30.9. The van der Waals surface area contributed by atoms with Gasteiger partial charge >= 0.3 is 0 Å². The quantitative estimate of drug-likeness (QED) is 0.300. The SMILES string of the molecule is COCOC(CNC(=O)COc1ccc(Cl)c(F)c1)CC1(NC(=O)COc2ccc(Cl)c(F)c2)CCCCC1. The van der Waals surface area contributed by atoms with E-state index in [1.807, 2.05) is 0 Å². The zero-order chi connectivity index (χ0) is 28.3. The summed E-state index contributed by atoms with van der Waals surface area (Å²) in [6, 6.07) is 7.87. The van der Waals surface area contributed by atoms with Crippen LogP contribution in [0.5, 0.6) is 11.5 Å². The number of amides is 2. The molecule has 0 spiro atoms. The maximum atomic E-state index is 13.7. The summed E-state index contributed by atoms with van der Waals surface area (Å²) in [6.45, 7) is -0.497. The minimum absolute atomic E-state index is 0.00361. The van der Waals surface area contributed by atoms with E-state index < -0.39 is 29.2 Å². The van der Waals surface area contributed by atoms with Crippen LogP contribution in [0, 0.1) is 11.6 Å². The van der Waals surface area contributed by atoms with Crippen LogP contribution < -0.4 is 20.1 Å². The van der Waals surface area contributed by atoms with E-state index in [1.54, 1.807) is 0 Å². The minimum Gasteiger partial charge on any atom is -0.484 e. The Kier molecular flexibility index (Phi) is 12.0. The minimum atomic E-state index is -0.645. The lowest BCUT2D eigenvalue weighted by atomic mass is 9.77. The average Bonchev–Trinajstić information content (AvgIpc) is 2.92. The summed E-state index contributed by atoms with van der Waals surface area (Å²) in [5, 5.41) is 5.77. The summed E-state index contributed by atoms with van der Waals surface area (Å²) in [5.74, 6) is -1.70. The number of hydrogen-bond donors (Lipinski definition) is 2. The number of benzene rings is 2. The third-order valence-electron chi connectivity index (χ3n) is 6.30. The molecule has 2 N–H and O–H groups in total. The molecule has 0 heterocycles. The highest BCUT2D eigenvalue weighted by Gasteiger charge is 2.36. The molecule has 1 aliphatic carbocycles. The maximum absolute atomic E-state index is 13.7. The van der Waals surface area contributed by atoms with Crippen molar-refractivity contribution in [1.82, 2.24) is 10.6 Å². The molecule has 8 nitrogen and oxygen atoms in total. The normalized spacial score (nSPS) is 15.3. The molecule has 1 aliphatic rings. The average molecular weight is 589 g/mol. The molecule has 1 atom stereocenters. The van der Waals surface area contributed by atoms with Crippen LogP contribution in [-0.4, -0.2) is 57.1 Å². The second-order valence-electron chi connectivity index (χ2n) is 9.32. The van der Waals surface area contributed by atoms with E-state index in [0.717, 1.165) is 44.2 Å². The van der Waals surface area contributed by atoms with E-state index in [9.17, 15) is 18.4 Å². The van der Waals surface area contributed by atoms with E-state index in [1.165, 1.54) is 31.4 Å². The molecule has 2 aromatic carbocycles. The summed E-state index contributed by atoms with van der Waals surface area (Å²) in [7, 11) is 1.49. The predicted octanol–water partition coefficient (Wildman–Crippen LogP) is 5.04. The van der Waals surface area contributed by atoms with Gasteiger partial charge in [0.25, 0.3) is 11.8 Å². The van der Waals surface area contributed by atoms with Crippen molar-refractivity contribution in [2.24, 2.45) is 0 Å². The molecule has 2 amide bonds. The summed E-state index contributed by atoms with van der Waals surface area (Å²) >= 11 is 11.4. The van der Waals surface area contributed by atoms with Gasteiger partial charge in [0.1, 0.15) is 29.9 Å². The zero-order valence-corrected chi connectivity index (χ0v) is 23.1. The van der Waals surface area contributed by atoms with Gasteiger partial charge in [0.2, 0.25) is 0 Å². The highest BCUT2D eigenvalue weighted by Crippen LogP contribution is 2.33. The van der Waals surface area contributed by atoms with Gasteiger partial charge in [0, 0.05) is 31.3 Å². The van der Waals surface area contributed by atoms with Crippen LogP contribution in [-0.2, 0) is 19.1 Å². The van der Waals surface area contributed by atoms with Crippen LogP contribution >= 0.6 is 23.2 Å². The van der Waals surface area contributed by atoms with Gasteiger partial charge < -0.3 is 29.6 Å². The number of hydrogen-bond acceptors (Lipinski definition) is 6. The molecule has 1 unspecified atom stereocenters. The summed E-state index contributed by atoms with van der Waals surface area (Å²) in [6.07, 6.45) is 4.26. The molecular weight excluding hydrogens is 557 g/mol. The highest BCUT2D eigenvalue weighted by atomic mass is 35.5. The molecule has 0 saturated heterocycles. The molecule has 0 radical (unpaired) electrons. The van der Waals surface area contributed by atoms with Crippen molar-refractivity contribution in [2.45, 2.75) is 50.2 Å². The fourth-order valence-corrected chi connectivity index (χ4v) is 4.68. The second-order valence-corrected chi connectivity index (χ2v) is 10.1. The maximum Gasteiger partial charge on any atom is 0.258 e. The summed E-state index contributed by atoms with van der Waals surface area (Å²) in [4.78, 5) is 25.2. The molecule has 12 heteroatoms. The van der Waals surface area contributed by atoms with Crippen molar-refractivity contribution in [3.8, 4) is 11.5 Å². The Morgan fingerprint density at radius 2 is 1.49 bits per heavy atom. The topological polar surface area (TPSA) is 95.1 Å². The smallest absolute Gasteiger partial charge is 0.258 e. The first-order chi connectivity index (χ1) is 18.7. The van der Waals surface area contributed by atoms with E-state index in [0.29, 0.717) is 6.42 Å². The van der Waals surface area contributed by atoms with Gasteiger partial charge in [-0.25, -0.2) is 8.78 Å². The van der Waals surface area contributed by atoms with Crippen molar-refractivity contribution in [3.63, 3.8) is 0 Å². The standard InChI is InChI=1S/C27H32Cl2F2N2O6/c1-36-17-39-20(14-32-25(34)15-37-18-5-7-21(28)23(30)11-18)13-27(9-3-2-4-10-27)33-26(35)16-38-19-6-8-22(29)24(31)12-19/h5-8,11-12,20H,2-4,9-10,13-17H2,1H3,(H,32,34)(H,33,35). The Labute approximate surface area is 236 Å². The van der Waals surface area contributed by atoms with Crippen LogP contribution in [0.4, 0.5) is 8.78 Å². The molecule has 3 rings (SSSR count). The second kappa shape index (κ2) is 15.2. The number of rotatable bonds is 14. The Morgan fingerprint density at radius 1 is 0.923 bits per heavy atom. The Morgan fingerprint density at radius 3 is 2.03 bits per heavy atom. The molecule has 0 bridgehead atoms. The number of carbonyl (C=O) groups is 2. The Bertz CT molecular complexity index is 1120. The predicted molar refractivity (Wildman–Crippen MR) is 142 cm³/mol. The van der Waals surface area contributed by atoms with Gasteiger partial charge in [-0.3, -0.25) is 9.59 Å². The number of carbonyl (C=O) groups excluding carboxylic acids is 2. The Hall–Kier alpha value is -2.66. The van der Waals surface area contributed by atoms with Crippen LogP contribution in [0.3, 0.4) is 0 Å². The van der Waals surface area contributed by atoms with E-state index in [2.05, 4.69) is 10.6 Å². The number of halogens is 4. The molecule has 0 aliphatic heterocycles. The first-order valence-corrected chi connectivity index (χ1v) is 13.3. The largest absolute Gasteiger partial charge is 0.484 e. The van der Waals surface area contributed by atoms with Gasteiger partial charge in [0.05, 0.1) is 16.1 Å². The van der Waals surface area contributed by atoms with Crippen molar-refractivity contribution in [2.75, 3.05) is 33.7 Å². The number of ether oxygens (including phenoxy) is 4. The van der Waals surface area contributed by atoms with Gasteiger partial charge in [-0.2, -0.15) is 0 Å². The molecule has 39 heavy (non-hydrogen) atoms. The van der Waals surface area contributed by atoms with Gasteiger partial charge in [-0.05, 0) is 43.5 Å². The molecule has 1 fully saturated rings. The molecule has 1 saturated carbocycles. The third-order valence-corrected chi connectivity index (χ3v) is 6.92. The lowest BCUT2D eigenvalue weighted by molar-refractivity contribution is -0.129. The van der Waals surface area contributed by atoms with E-state index >= 15 is 0 Å². The lowest BCUT2D eigenvalue weighted by Gasteiger charge is -2.40. The highest BCUT2D eigenvalue weighted by molar-refractivity contribution is 6.31. The van der Waals surface area contributed by atoms with E-state index in [-0.39, 0.29) is 54.0 Å². The van der Waals surface area contributed by atoms with Crippen LogP contribution in [0.2, 0.25) is 10.0 Å². The van der Waals surface area contributed by atoms with E-state index in [4.69, 9.17) is 42.1 Å². The van der Waals surface area contributed by atoms with Crippen molar-refractivity contribution >= 4 is 35.0 Å². The Balaban J connectivity index is 1.56. The zero-order valence-electron chi connectivity index (χ0n) is 21.6. The fourth-order valence-electron chi connectivity index (χ4n) is 4.44. The molecular formula is C27H32Cl2F2N2O6. The van der Waals surface area contributed by atoms with Gasteiger partial charge in [-0.1, -0.05) is 42.5 Å². The molecule has 0 aromatic heterocycles. The monoisotopic (exact) mass is 588 g/mol. The van der Waals surface area contributed by atoms with Crippen molar-refractivity contribution < 1.29 is 37.3 Å². The van der Waals surface area contributed by atoms with Crippen LogP contribution in [0.25, 0.3) is 0 Å². The number of nitrogens with one attached hydrogen (secondary N) is 2. The first-order valence-electron chi connectivity index (χ1n) is 12.5.